The van der Waals surface area contributed by atoms with Crippen LogP contribution in [0.3, 0.4) is 0 Å². The minimum Gasteiger partial charge on any atom is -0.481 e. The molecular weight excluding hydrogens is 328 g/mol. The van der Waals surface area contributed by atoms with Crippen LogP contribution in [0.5, 0.6) is 0 Å². The van der Waals surface area contributed by atoms with Gasteiger partial charge in [0.25, 0.3) is 17.9 Å². The molecule has 0 aromatic carbocycles. The summed E-state index contributed by atoms with van der Waals surface area (Å²) in [4.78, 5) is 27.0. The predicted octanol–water partition coefficient (Wildman–Crippen LogP) is -0.826. The van der Waals surface area contributed by atoms with Gasteiger partial charge in [-0.25, -0.2) is 0 Å². The molecule has 0 bridgehead atoms. The maximum atomic E-state index is 9.00. The summed E-state index contributed by atoms with van der Waals surface area (Å²) >= 11 is 0. The van der Waals surface area contributed by atoms with Gasteiger partial charge in [-0.3, -0.25) is 14.4 Å². The number of hydrogen-bond acceptors (Lipinski definition) is 5. The molecule has 0 aromatic rings. The summed E-state index contributed by atoms with van der Waals surface area (Å²) in [6.45, 7) is 4.44. The maximum absolute atomic E-state index is 9.00. The van der Waals surface area contributed by atoms with Gasteiger partial charge in [-0.05, 0) is 0 Å². The van der Waals surface area contributed by atoms with E-state index in [1.54, 1.807) is 0 Å². The van der Waals surface area contributed by atoms with Crippen molar-refractivity contribution >= 4 is 17.9 Å². The number of carboxylic acid groups (broad SMARTS) is 3. The molecule has 0 spiro atoms. The molecule has 0 rings (SSSR count). The molecule has 0 saturated carbocycles. The van der Waals surface area contributed by atoms with Gasteiger partial charge >= 0.3 is 0 Å². The van der Waals surface area contributed by atoms with Crippen LogP contribution in [0.2, 0.25) is 0 Å². The molecule has 109 valence electrons. The van der Waals surface area contributed by atoms with E-state index in [4.69, 9.17) is 41.2 Å². The zero-order chi connectivity index (χ0) is 14.1. The van der Waals surface area contributed by atoms with Crippen molar-refractivity contribution in [3.8, 4) is 0 Å². The Kier molecular flexibility index (Phi) is 51.5. The summed E-state index contributed by atoms with van der Waals surface area (Å²) in [7, 11) is 0. The maximum Gasteiger partial charge on any atom is 0.300 e. The molecule has 0 fully saturated rings. The van der Waals surface area contributed by atoms with Crippen LogP contribution in [0.4, 0.5) is 0 Å². The van der Waals surface area contributed by atoms with Crippen molar-refractivity contribution < 1.29 is 52.1 Å². The Labute approximate surface area is 115 Å². The van der Waals surface area contributed by atoms with Crippen LogP contribution in [0.15, 0.2) is 0 Å². The van der Waals surface area contributed by atoms with Crippen LogP contribution in [0.25, 0.3) is 0 Å². The number of hydrogen-bond donors (Lipinski definition) is 5. The van der Waals surface area contributed by atoms with Gasteiger partial charge < -0.3 is 26.8 Å². The number of carbonyl (C=O) groups is 3. The Morgan fingerprint density at radius 1 is 0.765 bits per heavy atom. The molecule has 8 nitrogen and oxygen atoms in total. The zero-order valence-corrected chi connectivity index (χ0v) is 11.4. The Morgan fingerprint density at radius 3 is 0.824 bits per heavy atom. The number of aliphatic carboxylic acids is 3. The summed E-state index contributed by atoms with van der Waals surface area (Å²) < 4.78 is 0. The first-order chi connectivity index (χ1) is 7.11. The van der Waals surface area contributed by atoms with E-state index >= 15 is 0 Å². The summed E-state index contributed by atoms with van der Waals surface area (Å²) in [5.41, 5.74) is 9.81. The Bertz CT molecular complexity index is 146. The first-order valence-electron chi connectivity index (χ1n) is 4.10. The van der Waals surface area contributed by atoms with Crippen LogP contribution >= 0.6 is 0 Å². The molecule has 1 radical (unpaired) electrons. The van der Waals surface area contributed by atoms with E-state index in [0.29, 0.717) is 13.1 Å². The molecule has 0 saturated heterocycles. The molecule has 7 N–H and O–H groups in total. The van der Waals surface area contributed by atoms with Crippen molar-refractivity contribution in [2.45, 2.75) is 20.8 Å². The minimum absolute atomic E-state index is 0. The van der Waals surface area contributed by atoms with Crippen molar-refractivity contribution in [3.05, 3.63) is 0 Å². The Morgan fingerprint density at radius 2 is 0.824 bits per heavy atom. The van der Waals surface area contributed by atoms with E-state index in [-0.39, 0.29) is 22.4 Å². The monoisotopic (exact) mass is 347 g/mol. The van der Waals surface area contributed by atoms with Gasteiger partial charge in [0.2, 0.25) is 0 Å². The summed E-state index contributed by atoms with van der Waals surface area (Å²) in [5, 5.41) is 22.2. The topological polar surface area (TPSA) is 164 Å². The fourth-order valence-corrected chi connectivity index (χ4v) is 0. The Hall–Kier alpha value is -0.930. The van der Waals surface area contributed by atoms with Gasteiger partial charge in [-0.15, -0.1) is 0 Å². The summed E-state index contributed by atoms with van der Waals surface area (Å²) in [5.74, 6) is -2.50. The quantitative estimate of drug-likeness (QED) is 0.383. The molecule has 0 aliphatic carbocycles. The third-order valence-corrected chi connectivity index (χ3v) is 0.167. The van der Waals surface area contributed by atoms with Crippen molar-refractivity contribution in [2.24, 2.45) is 11.5 Å². The third-order valence-electron chi connectivity index (χ3n) is 0.167. The van der Waals surface area contributed by atoms with Gasteiger partial charge in [0.1, 0.15) is 0 Å². The fraction of sp³-hybridized carbons (Fsp3) is 0.625. The first kappa shape index (κ1) is 29.8. The van der Waals surface area contributed by atoms with Crippen LogP contribution in [-0.4, -0.2) is 46.3 Å². The molecule has 0 amide bonds. The van der Waals surface area contributed by atoms with E-state index in [1.807, 2.05) is 0 Å². The molecule has 0 aliphatic heterocycles. The number of carboxylic acids is 3. The largest absolute Gasteiger partial charge is 0.481 e. The molecular formula is C8H20AgN2O6. The second kappa shape index (κ2) is 29.4. The second-order valence-electron chi connectivity index (χ2n) is 2.13. The van der Waals surface area contributed by atoms with Crippen molar-refractivity contribution in [1.82, 2.24) is 0 Å². The van der Waals surface area contributed by atoms with Gasteiger partial charge in [-0.2, -0.15) is 0 Å². The van der Waals surface area contributed by atoms with E-state index < -0.39 is 17.9 Å². The summed E-state index contributed by atoms with van der Waals surface area (Å²) in [6, 6.07) is 0. The van der Waals surface area contributed by atoms with E-state index in [9.17, 15) is 0 Å². The molecule has 0 aliphatic rings. The average molecular weight is 348 g/mol. The van der Waals surface area contributed by atoms with Crippen LogP contribution in [0, 0.1) is 0 Å². The van der Waals surface area contributed by atoms with Crippen molar-refractivity contribution in [1.29, 1.82) is 0 Å². The van der Waals surface area contributed by atoms with E-state index in [1.165, 1.54) is 0 Å². The average Bonchev–Trinajstić information content (AvgIpc) is 2.00. The van der Waals surface area contributed by atoms with Crippen LogP contribution in [0.1, 0.15) is 20.8 Å². The number of nitrogens with two attached hydrogens (primary N) is 2. The van der Waals surface area contributed by atoms with Crippen molar-refractivity contribution in [3.63, 3.8) is 0 Å². The van der Waals surface area contributed by atoms with Gasteiger partial charge in [-0.1, -0.05) is 0 Å². The third kappa shape index (κ3) is 522000. The fourth-order valence-electron chi connectivity index (χ4n) is 0. The Balaban J connectivity index is -0.0000000369. The molecule has 0 atom stereocenters. The van der Waals surface area contributed by atoms with Gasteiger partial charge in [0, 0.05) is 56.2 Å². The predicted molar refractivity (Wildman–Crippen MR) is 58.0 cm³/mol. The van der Waals surface area contributed by atoms with Crippen LogP contribution in [-0.2, 0) is 36.8 Å². The molecule has 0 aromatic heterocycles. The van der Waals surface area contributed by atoms with Gasteiger partial charge in [0.15, 0.2) is 0 Å². The normalized spacial score (nSPS) is 6.18. The number of rotatable bonds is 1. The zero-order valence-electron chi connectivity index (χ0n) is 9.94. The van der Waals surface area contributed by atoms with Gasteiger partial charge in [0.05, 0.1) is 0 Å². The molecule has 0 heterocycles. The molecule has 9 heteroatoms. The van der Waals surface area contributed by atoms with Crippen LogP contribution < -0.4 is 11.5 Å². The standard InChI is InChI=1S/C2H8N2.3C2H4O2.Ag/c3-1-2-4;3*1-2(3)4;/h1-4H2;3*1H3,(H,3,4);. The molecule has 17 heavy (non-hydrogen) atoms. The molecule has 0 unspecified atom stereocenters. The van der Waals surface area contributed by atoms with Crippen molar-refractivity contribution in [2.75, 3.05) is 13.1 Å². The second-order valence-corrected chi connectivity index (χ2v) is 2.13. The first-order valence-corrected chi connectivity index (χ1v) is 4.10. The van der Waals surface area contributed by atoms with E-state index in [2.05, 4.69) is 0 Å². The smallest absolute Gasteiger partial charge is 0.300 e. The minimum atomic E-state index is -0.833. The van der Waals surface area contributed by atoms with E-state index in [0.717, 1.165) is 20.8 Å². The summed E-state index contributed by atoms with van der Waals surface area (Å²) in [6.07, 6.45) is 0. The SMILES string of the molecule is CC(=O)O.CC(=O)O.CC(=O)O.NCCN.[Ag].